The Morgan fingerprint density at radius 2 is 2.07 bits per heavy atom. The van der Waals surface area contributed by atoms with E-state index in [0.29, 0.717) is 16.3 Å². The highest BCUT2D eigenvalue weighted by atomic mass is 32.1. The van der Waals surface area contributed by atoms with E-state index >= 15 is 0 Å². The number of rotatable bonds is 5. The van der Waals surface area contributed by atoms with Crippen LogP contribution in [-0.2, 0) is 6.54 Å². The molecule has 1 aromatic carbocycles. The predicted octanol–water partition coefficient (Wildman–Crippen LogP) is 2.86. The van der Waals surface area contributed by atoms with Crippen molar-refractivity contribution in [1.29, 1.82) is 0 Å². The summed E-state index contributed by atoms with van der Waals surface area (Å²) in [5.74, 6) is -0.741. The number of carbonyl (C=O) groups is 1. The summed E-state index contributed by atoms with van der Waals surface area (Å²) < 4.78 is 17.3. The second-order valence-electron chi connectivity index (χ2n) is 6.29. The first-order chi connectivity index (χ1) is 14.0. The summed E-state index contributed by atoms with van der Waals surface area (Å²) in [6.07, 6.45) is 3.12. The van der Waals surface area contributed by atoms with Crippen LogP contribution < -0.4 is 10.9 Å². The molecule has 0 atom stereocenters. The van der Waals surface area contributed by atoms with Crippen molar-refractivity contribution in [2.45, 2.75) is 13.5 Å². The fourth-order valence-corrected chi connectivity index (χ4v) is 3.57. The van der Waals surface area contributed by atoms with E-state index < -0.39 is 5.82 Å². The molecule has 1 amide bonds. The van der Waals surface area contributed by atoms with Crippen LogP contribution in [0.5, 0.6) is 0 Å². The number of nitrogens with one attached hydrogen (secondary N) is 1. The van der Waals surface area contributed by atoms with Crippen LogP contribution in [0.15, 0.2) is 65.7 Å². The van der Waals surface area contributed by atoms with Crippen LogP contribution in [0.2, 0.25) is 0 Å². The average Bonchev–Trinajstić information content (AvgIpc) is 3.35. The zero-order valence-electron chi connectivity index (χ0n) is 15.4. The largest absolute Gasteiger partial charge is 0.346 e. The van der Waals surface area contributed by atoms with Crippen molar-refractivity contribution in [3.05, 3.63) is 92.5 Å². The fourth-order valence-electron chi connectivity index (χ4n) is 2.78. The molecule has 0 saturated heterocycles. The maximum absolute atomic E-state index is 14.6. The van der Waals surface area contributed by atoms with Gasteiger partial charge in [0.2, 0.25) is 0 Å². The quantitative estimate of drug-likeness (QED) is 0.550. The lowest BCUT2D eigenvalue weighted by atomic mass is 10.2. The third kappa shape index (κ3) is 3.99. The number of halogens is 1. The first-order valence-corrected chi connectivity index (χ1v) is 9.57. The minimum Gasteiger partial charge on any atom is -0.346 e. The highest BCUT2D eigenvalue weighted by Crippen LogP contribution is 2.17. The molecule has 146 valence electrons. The fraction of sp³-hybridized carbons (Fsp3) is 0.100. The molecule has 0 radical (unpaired) electrons. The Kier molecular flexibility index (Phi) is 5.05. The third-order valence-corrected chi connectivity index (χ3v) is 5.21. The van der Waals surface area contributed by atoms with Gasteiger partial charge in [-0.05, 0) is 37.3 Å². The predicted molar refractivity (Wildman–Crippen MR) is 107 cm³/mol. The Labute approximate surface area is 169 Å². The summed E-state index contributed by atoms with van der Waals surface area (Å²) in [6, 6.07) is 12.8. The van der Waals surface area contributed by atoms with Crippen LogP contribution in [0, 0.1) is 12.7 Å². The molecule has 0 bridgehead atoms. The Bertz CT molecular complexity index is 1240. The van der Waals surface area contributed by atoms with Gasteiger partial charge in [0, 0.05) is 23.2 Å². The van der Waals surface area contributed by atoms with Gasteiger partial charge in [-0.25, -0.2) is 9.07 Å². The number of aromatic nitrogens is 4. The monoisotopic (exact) mass is 409 g/mol. The van der Waals surface area contributed by atoms with Gasteiger partial charge in [0.05, 0.1) is 23.3 Å². The van der Waals surface area contributed by atoms with E-state index in [2.05, 4.69) is 15.6 Å². The molecule has 3 aromatic heterocycles. The van der Waals surface area contributed by atoms with Crippen LogP contribution in [0.1, 0.15) is 20.2 Å². The molecule has 1 N–H and O–H groups in total. The molecular formula is C20H16FN5O2S. The van der Waals surface area contributed by atoms with Crippen LogP contribution in [0.4, 0.5) is 4.39 Å². The number of aryl methyl sites for hydroxylation is 1. The normalized spacial score (nSPS) is 10.8. The molecule has 3 heterocycles. The molecular weight excluding hydrogens is 393 g/mol. The lowest BCUT2D eigenvalue weighted by Crippen LogP contribution is -2.21. The average molecular weight is 409 g/mol. The van der Waals surface area contributed by atoms with Crippen molar-refractivity contribution < 1.29 is 9.18 Å². The molecule has 0 spiro atoms. The maximum atomic E-state index is 14.6. The molecule has 9 heteroatoms. The van der Waals surface area contributed by atoms with Crippen molar-refractivity contribution in [3.8, 4) is 11.4 Å². The summed E-state index contributed by atoms with van der Waals surface area (Å²) in [5.41, 5.74) is 0.848. The van der Waals surface area contributed by atoms with E-state index in [1.54, 1.807) is 36.7 Å². The number of benzene rings is 1. The summed E-state index contributed by atoms with van der Waals surface area (Å²) in [7, 11) is 0. The van der Waals surface area contributed by atoms with Crippen LogP contribution in [0.3, 0.4) is 0 Å². The zero-order chi connectivity index (χ0) is 20.4. The van der Waals surface area contributed by atoms with Gasteiger partial charge in [0.1, 0.15) is 11.4 Å². The topological polar surface area (TPSA) is 81.8 Å². The van der Waals surface area contributed by atoms with E-state index in [-0.39, 0.29) is 23.7 Å². The van der Waals surface area contributed by atoms with E-state index in [9.17, 15) is 14.0 Å². The number of nitrogens with zero attached hydrogens (tertiary/aromatic N) is 4. The molecule has 0 fully saturated rings. The molecule has 0 aliphatic heterocycles. The Balaban J connectivity index is 1.50. The van der Waals surface area contributed by atoms with Gasteiger partial charge in [-0.2, -0.15) is 0 Å². The second kappa shape index (κ2) is 7.80. The maximum Gasteiger partial charge on any atom is 0.261 e. The van der Waals surface area contributed by atoms with E-state index in [0.717, 1.165) is 4.88 Å². The van der Waals surface area contributed by atoms with Gasteiger partial charge in [0.15, 0.2) is 5.82 Å². The molecule has 7 nitrogen and oxygen atoms in total. The number of hydrogen-bond acceptors (Lipinski definition) is 5. The minimum absolute atomic E-state index is 0.175. The van der Waals surface area contributed by atoms with E-state index in [1.807, 2.05) is 13.0 Å². The van der Waals surface area contributed by atoms with Gasteiger partial charge in [-0.1, -0.05) is 11.3 Å². The zero-order valence-corrected chi connectivity index (χ0v) is 16.2. The summed E-state index contributed by atoms with van der Waals surface area (Å²) >= 11 is 1.41. The Morgan fingerprint density at radius 1 is 1.21 bits per heavy atom. The molecule has 0 unspecified atom stereocenters. The van der Waals surface area contributed by atoms with Crippen molar-refractivity contribution in [2.75, 3.05) is 0 Å². The number of pyridine rings is 1. The molecule has 29 heavy (non-hydrogen) atoms. The van der Waals surface area contributed by atoms with Crippen LogP contribution in [0.25, 0.3) is 11.4 Å². The summed E-state index contributed by atoms with van der Waals surface area (Å²) in [6.45, 7) is 2.11. The standard InChI is InChI=1S/C20H16FN5O2S/c1-13-5-8-18(29-13)20(28)22-11-14-12-26(24-23-14)17-7-6-15(10-16(17)21)25-9-3-2-4-19(25)27/h2-10,12H,11H2,1H3,(H,22,28). The molecule has 0 saturated carbocycles. The third-order valence-electron chi connectivity index (χ3n) is 4.21. The second-order valence-corrected chi connectivity index (χ2v) is 7.58. The SMILES string of the molecule is Cc1ccc(C(=O)NCc2cn(-c3ccc(-n4ccccc4=O)cc3F)nn2)s1. The van der Waals surface area contributed by atoms with Crippen molar-refractivity contribution in [2.24, 2.45) is 0 Å². The lowest BCUT2D eigenvalue weighted by Gasteiger charge is -2.08. The first kappa shape index (κ1) is 18.8. The van der Waals surface area contributed by atoms with Crippen LogP contribution in [-0.4, -0.2) is 25.5 Å². The van der Waals surface area contributed by atoms with Gasteiger partial charge < -0.3 is 5.32 Å². The van der Waals surface area contributed by atoms with Crippen molar-refractivity contribution in [1.82, 2.24) is 24.9 Å². The number of amides is 1. The molecule has 4 rings (SSSR count). The smallest absolute Gasteiger partial charge is 0.261 e. The van der Waals surface area contributed by atoms with Gasteiger partial charge >= 0.3 is 0 Å². The lowest BCUT2D eigenvalue weighted by molar-refractivity contribution is 0.0954. The summed E-state index contributed by atoms with van der Waals surface area (Å²) in [5, 5.41) is 10.7. The van der Waals surface area contributed by atoms with Gasteiger partial charge in [0.25, 0.3) is 11.5 Å². The molecule has 0 aliphatic rings. The highest BCUT2D eigenvalue weighted by molar-refractivity contribution is 7.13. The minimum atomic E-state index is -0.548. The highest BCUT2D eigenvalue weighted by Gasteiger charge is 2.12. The number of carbonyl (C=O) groups excluding carboxylic acids is 1. The van der Waals surface area contributed by atoms with Crippen molar-refractivity contribution in [3.63, 3.8) is 0 Å². The van der Waals surface area contributed by atoms with Crippen molar-refractivity contribution >= 4 is 17.2 Å². The van der Waals surface area contributed by atoms with E-state index in [4.69, 9.17) is 0 Å². The first-order valence-electron chi connectivity index (χ1n) is 8.75. The van der Waals surface area contributed by atoms with Gasteiger partial charge in [-0.15, -0.1) is 16.4 Å². The summed E-state index contributed by atoms with van der Waals surface area (Å²) in [4.78, 5) is 25.7. The molecule has 4 aromatic rings. The number of hydrogen-bond donors (Lipinski definition) is 1. The Hall–Kier alpha value is -3.59. The van der Waals surface area contributed by atoms with Gasteiger partial charge in [-0.3, -0.25) is 14.2 Å². The number of thiophene rings is 1. The Morgan fingerprint density at radius 3 is 2.79 bits per heavy atom. The van der Waals surface area contributed by atoms with Crippen LogP contribution >= 0.6 is 11.3 Å². The van der Waals surface area contributed by atoms with E-state index in [1.165, 1.54) is 38.8 Å². The molecule has 0 aliphatic carbocycles.